The van der Waals surface area contributed by atoms with Crippen LogP contribution in [0.25, 0.3) is 0 Å². The van der Waals surface area contributed by atoms with Crippen LogP contribution in [0.5, 0.6) is 17.4 Å². The van der Waals surface area contributed by atoms with Crippen LogP contribution in [0.1, 0.15) is 18.3 Å². The number of aliphatic imine (C=N–C) groups is 1. The van der Waals surface area contributed by atoms with E-state index in [2.05, 4.69) is 30.7 Å². The number of rotatable bonds is 8. The zero-order valence-corrected chi connectivity index (χ0v) is 19.5. The second-order valence-electron chi connectivity index (χ2n) is 6.13. The van der Waals surface area contributed by atoms with E-state index in [1.807, 2.05) is 50.4 Å². The summed E-state index contributed by atoms with van der Waals surface area (Å²) in [6.07, 6.45) is 3.28. The summed E-state index contributed by atoms with van der Waals surface area (Å²) in [6, 6.07) is 11.2. The summed E-state index contributed by atoms with van der Waals surface area (Å²) >= 11 is 0. The van der Waals surface area contributed by atoms with Gasteiger partial charge in [0.1, 0.15) is 23.7 Å². The van der Waals surface area contributed by atoms with E-state index in [4.69, 9.17) is 9.47 Å². The second kappa shape index (κ2) is 12.0. The number of ether oxygens (including phenoxy) is 2. The van der Waals surface area contributed by atoms with E-state index in [0.717, 1.165) is 23.7 Å². The standard InChI is InChI=1S/C20H25N7O2.HI/c1-4-21-20(24-13-18-25-14-26-27(18)2)23-12-15-8-9-19(22-11-15)29-17-7-5-6-16(10-17)28-3;/h5-11,14H,4,12-13H2,1-3H3,(H2,21,23,24);1H. The largest absolute Gasteiger partial charge is 0.497 e. The van der Waals surface area contributed by atoms with Gasteiger partial charge in [-0.15, -0.1) is 24.0 Å². The molecule has 0 bridgehead atoms. The summed E-state index contributed by atoms with van der Waals surface area (Å²) in [5.74, 6) is 3.45. The molecular formula is C20H26IN7O2. The van der Waals surface area contributed by atoms with Crippen molar-refractivity contribution in [1.29, 1.82) is 0 Å². The van der Waals surface area contributed by atoms with Crippen molar-refractivity contribution in [2.75, 3.05) is 13.7 Å². The number of nitrogens with one attached hydrogen (secondary N) is 2. The predicted molar refractivity (Wildman–Crippen MR) is 125 cm³/mol. The Kier molecular flexibility index (Phi) is 9.32. The maximum Gasteiger partial charge on any atom is 0.219 e. The van der Waals surface area contributed by atoms with Gasteiger partial charge in [0.15, 0.2) is 5.96 Å². The Morgan fingerprint density at radius 1 is 1.13 bits per heavy atom. The lowest BCUT2D eigenvalue weighted by Gasteiger charge is -2.11. The van der Waals surface area contributed by atoms with Gasteiger partial charge in [0.25, 0.3) is 0 Å². The number of halogens is 1. The Morgan fingerprint density at radius 2 is 1.97 bits per heavy atom. The third-order valence-corrected chi connectivity index (χ3v) is 4.04. The predicted octanol–water partition coefficient (Wildman–Crippen LogP) is 2.88. The minimum atomic E-state index is 0. The van der Waals surface area contributed by atoms with Crippen LogP contribution in [-0.4, -0.2) is 39.4 Å². The molecule has 0 aliphatic rings. The van der Waals surface area contributed by atoms with E-state index in [-0.39, 0.29) is 24.0 Å². The number of aromatic nitrogens is 4. The smallest absolute Gasteiger partial charge is 0.219 e. The minimum absolute atomic E-state index is 0. The van der Waals surface area contributed by atoms with Crippen molar-refractivity contribution in [3.8, 4) is 17.4 Å². The van der Waals surface area contributed by atoms with Crippen LogP contribution in [0.3, 0.4) is 0 Å². The molecule has 10 heteroatoms. The number of hydrogen-bond donors (Lipinski definition) is 2. The van der Waals surface area contributed by atoms with Crippen LogP contribution in [0, 0.1) is 0 Å². The Labute approximate surface area is 193 Å². The van der Waals surface area contributed by atoms with Gasteiger partial charge >= 0.3 is 0 Å². The Bertz CT molecular complexity index is 944. The van der Waals surface area contributed by atoms with Crippen LogP contribution in [0.2, 0.25) is 0 Å². The highest BCUT2D eigenvalue weighted by Crippen LogP contribution is 2.23. The van der Waals surface area contributed by atoms with Gasteiger partial charge in [-0.2, -0.15) is 5.10 Å². The molecule has 0 amide bonds. The number of pyridine rings is 1. The summed E-state index contributed by atoms with van der Waals surface area (Å²) in [4.78, 5) is 13.1. The highest BCUT2D eigenvalue weighted by atomic mass is 127. The topological polar surface area (TPSA) is 98.5 Å². The van der Waals surface area contributed by atoms with Gasteiger partial charge in [-0.1, -0.05) is 12.1 Å². The van der Waals surface area contributed by atoms with Crippen molar-refractivity contribution in [2.45, 2.75) is 20.0 Å². The third kappa shape index (κ3) is 6.87. The molecular weight excluding hydrogens is 497 g/mol. The summed E-state index contributed by atoms with van der Waals surface area (Å²) in [6.45, 7) is 3.80. The van der Waals surface area contributed by atoms with Crippen LogP contribution in [0.4, 0.5) is 0 Å². The SMILES string of the molecule is CCNC(=NCc1ccc(Oc2cccc(OC)c2)nc1)NCc1ncnn1C.I. The summed E-state index contributed by atoms with van der Waals surface area (Å²) in [5.41, 5.74) is 0.971. The number of hydrogen-bond acceptors (Lipinski definition) is 6. The van der Waals surface area contributed by atoms with Crippen LogP contribution >= 0.6 is 24.0 Å². The quantitative estimate of drug-likeness (QED) is 0.266. The normalized spacial score (nSPS) is 10.8. The van der Waals surface area contributed by atoms with Crippen molar-refractivity contribution >= 4 is 29.9 Å². The molecule has 2 aromatic heterocycles. The van der Waals surface area contributed by atoms with Gasteiger partial charge < -0.3 is 20.1 Å². The lowest BCUT2D eigenvalue weighted by atomic mass is 10.3. The zero-order chi connectivity index (χ0) is 20.5. The van der Waals surface area contributed by atoms with E-state index < -0.39 is 0 Å². The molecule has 2 N–H and O–H groups in total. The number of methoxy groups -OCH3 is 1. The minimum Gasteiger partial charge on any atom is -0.497 e. The number of aryl methyl sites for hydroxylation is 1. The van der Waals surface area contributed by atoms with Crippen molar-refractivity contribution in [2.24, 2.45) is 12.0 Å². The Balaban J connectivity index is 0.00000320. The van der Waals surface area contributed by atoms with Crippen molar-refractivity contribution in [3.05, 3.63) is 60.3 Å². The molecule has 2 heterocycles. The Hall–Kier alpha value is -2.89. The van der Waals surface area contributed by atoms with E-state index in [1.54, 1.807) is 18.0 Å². The molecule has 0 saturated carbocycles. The molecule has 1 aromatic carbocycles. The van der Waals surface area contributed by atoms with E-state index in [0.29, 0.717) is 30.7 Å². The molecule has 0 radical (unpaired) electrons. The molecule has 30 heavy (non-hydrogen) atoms. The number of benzene rings is 1. The molecule has 0 unspecified atom stereocenters. The monoisotopic (exact) mass is 523 g/mol. The number of guanidine groups is 1. The van der Waals surface area contributed by atoms with Crippen molar-refractivity contribution < 1.29 is 9.47 Å². The first-order valence-electron chi connectivity index (χ1n) is 9.30. The molecule has 160 valence electrons. The average molecular weight is 523 g/mol. The van der Waals surface area contributed by atoms with Crippen LogP contribution in [0.15, 0.2) is 53.9 Å². The lowest BCUT2D eigenvalue weighted by Crippen LogP contribution is -2.37. The maximum atomic E-state index is 5.76. The molecule has 0 atom stereocenters. The third-order valence-electron chi connectivity index (χ3n) is 4.04. The van der Waals surface area contributed by atoms with E-state index in [9.17, 15) is 0 Å². The van der Waals surface area contributed by atoms with Crippen molar-refractivity contribution in [3.63, 3.8) is 0 Å². The summed E-state index contributed by atoms with van der Waals surface area (Å²) < 4.78 is 12.7. The van der Waals surface area contributed by atoms with Gasteiger partial charge in [0, 0.05) is 31.9 Å². The van der Waals surface area contributed by atoms with Gasteiger partial charge in [0.05, 0.1) is 20.2 Å². The first-order valence-corrected chi connectivity index (χ1v) is 9.30. The van der Waals surface area contributed by atoms with E-state index >= 15 is 0 Å². The fraction of sp³-hybridized carbons (Fsp3) is 0.300. The number of nitrogens with zero attached hydrogens (tertiary/aromatic N) is 5. The van der Waals surface area contributed by atoms with Gasteiger partial charge in [-0.05, 0) is 24.6 Å². The fourth-order valence-electron chi connectivity index (χ4n) is 2.51. The highest BCUT2D eigenvalue weighted by Gasteiger charge is 2.04. The first-order chi connectivity index (χ1) is 14.2. The van der Waals surface area contributed by atoms with Crippen molar-refractivity contribution in [1.82, 2.24) is 30.4 Å². The molecule has 0 aliphatic heterocycles. The highest BCUT2D eigenvalue weighted by molar-refractivity contribution is 14.0. The molecule has 0 fully saturated rings. The van der Waals surface area contributed by atoms with E-state index in [1.165, 1.54) is 6.33 Å². The average Bonchev–Trinajstić information content (AvgIpc) is 3.16. The first kappa shape index (κ1) is 23.4. The van der Waals surface area contributed by atoms with Gasteiger partial charge in [0.2, 0.25) is 5.88 Å². The molecule has 0 aliphatic carbocycles. The van der Waals surface area contributed by atoms with Gasteiger partial charge in [-0.3, -0.25) is 4.68 Å². The summed E-state index contributed by atoms with van der Waals surface area (Å²) in [7, 11) is 3.48. The molecule has 0 saturated heterocycles. The van der Waals surface area contributed by atoms with Crippen LogP contribution < -0.4 is 20.1 Å². The molecule has 3 aromatic rings. The molecule has 9 nitrogen and oxygen atoms in total. The zero-order valence-electron chi connectivity index (χ0n) is 17.2. The lowest BCUT2D eigenvalue weighted by molar-refractivity contribution is 0.407. The second-order valence-corrected chi connectivity index (χ2v) is 6.13. The fourth-order valence-corrected chi connectivity index (χ4v) is 2.51. The Morgan fingerprint density at radius 3 is 2.63 bits per heavy atom. The maximum absolute atomic E-state index is 5.76. The molecule has 0 spiro atoms. The van der Waals surface area contributed by atoms with Crippen LogP contribution in [-0.2, 0) is 20.1 Å². The van der Waals surface area contributed by atoms with Gasteiger partial charge in [-0.25, -0.2) is 15.0 Å². The molecule has 3 rings (SSSR count). The summed E-state index contributed by atoms with van der Waals surface area (Å²) in [5, 5.41) is 10.5.